The summed E-state index contributed by atoms with van der Waals surface area (Å²) in [5, 5.41) is 21.7. The highest BCUT2D eigenvalue weighted by Crippen LogP contribution is 2.22. The van der Waals surface area contributed by atoms with Crippen LogP contribution in [-0.4, -0.2) is 48.8 Å². The van der Waals surface area contributed by atoms with Gasteiger partial charge in [-0.25, -0.2) is 0 Å². The zero-order valence-electron chi connectivity index (χ0n) is 21.7. The van der Waals surface area contributed by atoms with Crippen molar-refractivity contribution in [3.05, 3.63) is 60.8 Å². The molecule has 0 radical (unpaired) electrons. The van der Waals surface area contributed by atoms with E-state index in [9.17, 15) is 15.0 Å². The molecule has 0 aliphatic heterocycles. The molecule has 1 unspecified atom stereocenters. The van der Waals surface area contributed by atoms with Crippen LogP contribution >= 0.6 is 0 Å². The first kappa shape index (κ1) is 31.1. The Bertz CT molecular complexity index is 638. The van der Waals surface area contributed by atoms with E-state index < -0.39 is 11.6 Å². The van der Waals surface area contributed by atoms with Crippen LogP contribution in [0.2, 0.25) is 0 Å². The fraction of sp³-hybridized carbons (Fsp3) is 0.621. The summed E-state index contributed by atoms with van der Waals surface area (Å²) in [4.78, 5) is 11.0. The predicted molar refractivity (Wildman–Crippen MR) is 140 cm³/mol. The maximum atomic E-state index is 11.0. The van der Waals surface area contributed by atoms with Gasteiger partial charge in [-0.3, -0.25) is 0 Å². The predicted octanol–water partition coefficient (Wildman–Crippen LogP) is 5.66. The summed E-state index contributed by atoms with van der Waals surface area (Å²) in [5.41, 5.74) is -1.18. The fourth-order valence-corrected chi connectivity index (χ4v) is 3.81. The van der Waals surface area contributed by atoms with Crippen molar-refractivity contribution in [3.8, 4) is 0 Å². The summed E-state index contributed by atoms with van der Waals surface area (Å²) < 4.78 is 0.536. The number of carbonyl (C=O) groups excluding carboxylic acids is 1. The van der Waals surface area contributed by atoms with Crippen LogP contribution in [0.4, 0.5) is 0 Å². The fourth-order valence-electron chi connectivity index (χ4n) is 3.81. The van der Waals surface area contributed by atoms with Crippen LogP contribution in [0.5, 0.6) is 0 Å². The summed E-state index contributed by atoms with van der Waals surface area (Å²) >= 11 is 0. The second-order valence-electron chi connectivity index (χ2n) is 9.88. The Morgan fingerprint density at radius 1 is 0.758 bits per heavy atom. The minimum absolute atomic E-state index is 0.289. The molecule has 4 heteroatoms. The second-order valence-corrected chi connectivity index (χ2v) is 9.88. The summed E-state index contributed by atoms with van der Waals surface area (Å²) in [6.45, 7) is 2.57. The Balaban J connectivity index is 3.80. The molecular weight excluding hydrogens is 410 g/mol. The molecule has 1 atom stereocenters. The van der Waals surface area contributed by atoms with Crippen LogP contribution in [0.3, 0.4) is 0 Å². The van der Waals surface area contributed by atoms with Gasteiger partial charge in [0.05, 0.1) is 21.1 Å². The van der Waals surface area contributed by atoms with Gasteiger partial charge in [0.25, 0.3) is 0 Å². The van der Waals surface area contributed by atoms with Gasteiger partial charge in [-0.2, -0.15) is 0 Å². The highest BCUT2D eigenvalue weighted by molar-refractivity contribution is 5.65. The number of rotatable bonds is 20. The van der Waals surface area contributed by atoms with E-state index in [4.69, 9.17) is 0 Å². The molecule has 0 aromatic heterocycles. The lowest BCUT2D eigenvalue weighted by Gasteiger charge is -2.36. The molecule has 0 rings (SSSR count). The van der Waals surface area contributed by atoms with Crippen molar-refractivity contribution in [3.63, 3.8) is 0 Å². The third-order valence-corrected chi connectivity index (χ3v) is 5.16. The number of likely N-dealkylation sites (N-methyl/N-ethyl adjacent to an activating group) is 1. The van der Waals surface area contributed by atoms with E-state index in [1.807, 2.05) is 21.1 Å². The standard InChI is InChI=1S/C29H49NO3/c1-5-6-7-8-9-10-11-12-13-14-15-16-17-18-19-20-21-22-23-24-25-29(33,26-28(31)32)27-30(2,3)4/h6-7,9-10,12-13,15-16,18-19,33H,5,8,11,14,17,20-27H2,1-4H3/b7-6-,10-9-,13-12-,16-15-,19-18-. The first-order valence-electron chi connectivity index (χ1n) is 12.7. The lowest BCUT2D eigenvalue weighted by molar-refractivity contribution is -0.877. The molecule has 0 fully saturated rings. The topological polar surface area (TPSA) is 60.4 Å². The Hall–Kier alpha value is -1.91. The number of nitrogens with zero attached hydrogens (tertiary/aromatic N) is 1. The van der Waals surface area contributed by atoms with Crippen LogP contribution in [0, 0.1) is 0 Å². The smallest absolute Gasteiger partial charge is 0.119 e. The molecule has 0 aromatic carbocycles. The molecule has 0 saturated heterocycles. The highest BCUT2D eigenvalue weighted by Gasteiger charge is 2.33. The minimum Gasteiger partial charge on any atom is -0.550 e. The number of hydrogen-bond acceptors (Lipinski definition) is 3. The summed E-state index contributed by atoms with van der Waals surface area (Å²) in [7, 11) is 5.89. The normalized spacial score (nSPS) is 15.1. The molecular formula is C29H49NO3. The van der Waals surface area contributed by atoms with E-state index in [2.05, 4.69) is 67.7 Å². The van der Waals surface area contributed by atoms with E-state index in [1.165, 1.54) is 0 Å². The molecule has 4 nitrogen and oxygen atoms in total. The van der Waals surface area contributed by atoms with E-state index in [0.29, 0.717) is 17.4 Å². The number of carbonyl (C=O) groups is 1. The number of unbranched alkanes of at least 4 members (excludes halogenated alkanes) is 4. The molecule has 0 aliphatic rings. The van der Waals surface area contributed by atoms with Crippen LogP contribution in [-0.2, 0) is 4.79 Å². The molecule has 188 valence electrons. The quantitative estimate of drug-likeness (QED) is 0.145. The molecule has 0 aromatic rings. The Labute approximate surface area is 203 Å². The van der Waals surface area contributed by atoms with Gasteiger partial charge in [0.2, 0.25) is 0 Å². The molecule has 0 saturated carbocycles. The van der Waals surface area contributed by atoms with Crippen LogP contribution in [0.15, 0.2) is 60.8 Å². The van der Waals surface area contributed by atoms with Crippen LogP contribution in [0.1, 0.15) is 84.0 Å². The van der Waals surface area contributed by atoms with E-state index in [1.54, 1.807) is 0 Å². The van der Waals surface area contributed by atoms with Gasteiger partial charge < -0.3 is 19.5 Å². The van der Waals surface area contributed by atoms with Crippen molar-refractivity contribution in [1.29, 1.82) is 0 Å². The molecule has 0 heterocycles. The van der Waals surface area contributed by atoms with E-state index in [-0.39, 0.29) is 6.42 Å². The second kappa shape index (κ2) is 19.5. The lowest BCUT2D eigenvalue weighted by atomic mass is 9.91. The zero-order valence-corrected chi connectivity index (χ0v) is 21.7. The molecule has 0 amide bonds. The number of carboxylic acids is 1. The zero-order chi connectivity index (χ0) is 24.8. The van der Waals surface area contributed by atoms with Crippen molar-refractivity contribution >= 4 is 5.97 Å². The van der Waals surface area contributed by atoms with Crippen molar-refractivity contribution in [1.82, 2.24) is 0 Å². The Kier molecular flexibility index (Phi) is 18.4. The average Bonchev–Trinajstić information content (AvgIpc) is 2.70. The van der Waals surface area contributed by atoms with E-state index >= 15 is 0 Å². The number of quaternary nitrogens is 1. The van der Waals surface area contributed by atoms with E-state index in [0.717, 1.165) is 64.2 Å². The van der Waals surface area contributed by atoms with Crippen molar-refractivity contribution in [2.45, 2.75) is 89.6 Å². The number of carboxylic acid groups (broad SMARTS) is 1. The summed E-state index contributed by atoms with van der Waals surface area (Å²) in [5.74, 6) is -1.18. The maximum absolute atomic E-state index is 11.0. The minimum atomic E-state index is -1.18. The molecule has 0 aliphatic carbocycles. The van der Waals surface area contributed by atoms with Gasteiger partial charge in [-0.15, -0.1) is 0 Å². The first-order valence-corrected chi connectivity index (χ1v) is 12.7. The summed E-state index contributed by atoms with van der Waals surface area (Å²) in [6, 6.07) is 0. The third-order valence-electron chi connectivity index (χ3n) is 5.16. The van der Waals surface area contributed by atoms with Gasteiger partial charge in [0.15, 0.2) is 0 Å². The van der Waals surface area contributed by atoms with Gasteiger partial charge in [-0.1, -0.05) is 86.9 Å². The Morgan fingerprint density at radius 3 is 1.67 bits per heavy atom. The maximum Gasteiger partial charge on any atom is 0.119 e. The average molecular weight is 460 g/mol. The number of hydrogen-bond donors (Lipinski definition) is 1. The van der Waals surface area contributed by atoms with Crippen molar-refractivity contribution in [2.75, 3.05) is 27.7 Å². The number of aliphatic hydroxyl groups is 1. The Morgan fingerprint density at radius 2 is 1.21 bits per heavy atom. The number of aliphatic carboxylic acids is 1. The van der Waals surface area contributed by atoms with Gasteiger partial charge in [0, 0.05) is 12.4 Å². The third kappa shape index (κ3) is 23.1. The first-order chi connectivity index (χ1) is 15.7. The lowest BCUT2D eigenvalue weighted by Crippen LogP contribution is -2.51. The van der Waals surface area contributed by atoms with Crippen molar-refractivity contribution in [2.24, 2.45) is 0 Å². The summed E-state index contributed by atoms with van der Waals surface area (Å²) in [6.07, 6.45) is 32.5. The van der Waals surface area contributed by atoms with Gasteiger partial charge in [-0.05, 0) is 51.4 Å². The number of allylic oxidation sites excluding steroid dienone is 10. The molecule has 0 spiro atoms. The van der Waals surface area contributed by atoms with Gasteiger partial charge >= 0.3 is 0 Å². The SMILES string of the molecule is CC/C=C\C/C=C\C/C=C\C/C=C\C/C=C\CCCCCCC(O)(CC(=O)[O-])C[N+](C)(C)C. The van der Waals surface area contributed by atoms with Crippen LogP contribution < -0.4 is 5.11 Å². The highest BCUT2D eigenvalue weighted by atomic mass is 16.4. The van der Waals surface area contributed by atoms with Gasteiger partial charge in [0.1, 0.15) is 12.1 Å². The van der Waals surface area contributed by atoms with Crippen molar-refractivity contribution < 1.29 is 19.5 Å². The molecule has 33 heavy (non-hydrogen) atoms. The molecule has 0 bridgehead atoms. The monoisotopic (exact) mass is 459 g/mol. The molecule has 1 N–H and O–H groups in total. The van der Waals surface area contributed by atoms with Crippen LogP contribution in [0.25, 0.3) is 0 Å². The largest absolute Gasteiger partial charge is 0.550 e.